The highest BCUT2D eigenvalue weighted by Crippen LogP contribution is 2.24. The predicted molar refractivity (Wildman–Crippen MR) is 95.8 cm³/mol. The van der Waals surface area contributed by atoms with Crippen LogP contribution in [0.1, 0.15) is 11.6 Å². The van der Waals surface area contributed by atoms with Crippen LogP contribution in [0.4, 0.5) is 0 Å². The van der Waals surface area contributed by atoms with Crippen molar-refractivity contribution in [2.24, 2.45) is 0 Å². The van der Waals surface area contributed by atoms with Crippen LogP contribution in [0, 0.1) is 0 Å². The Labute approximate surface area is 143 Å². The van der Waals surface area contributed by atoms with Crippen LogP contribution in [0.2, 0.25) is 0 Å². The quantitative estimate of drug-likeness (QED) is 0.662. The van der Waals surface area contributed by atoms with Gasteiger partial charge in [0.25, 0.3) is 0 Å². The molecule has 0 bridgehead atoms. The first-order valence-electron chi connectivity index (χ1n) is 8.17. The van der Waals surface area contributed by atoms with E-state index in [1.165, 1.54) is 0 Å². The second-order valence-corrected chi connectivity index (χ2v) is 6.72. The van der Waals surface area contributed by atoms with Gasteiger partial charge in [-0.25, -0.2) is 0 Å². The van der Waals surface area contributed by atoms with E-state index in [1.807, 2.05) is 42.1 Å². The van der Waals surface area contributed by atoms with Crippen LogP contribution in [0.25, 0.3) is 0 Å². The van der Waals surface area contributed by atoms with Crippen molar-refractivity contribution >= 4 is 17.7 Å². The van der Waals surface area contributed by atoms with Crippen molar-refractivity contribution in [3.05, 3.63) is 35.9 Å². The van der Waals surface area contributed by atoms with E-state index in [9.17, 15) is 4.79 Å². The third-order valence-electron chi connectivity index (χ3n) is 3.86. The molecule has 2 N–H and O–H groups in total. The second-order valence-electron chi connectivity index (χ2n) is 5.50. The Hall–Kier alpha value is -1.08. The van der Waals surface area contributed by atoms with E-state index in [-0.39, 0.29) is 11.9 Å². The minimum atomic E-state index is -0.184. The topological polar surface area (TPSA) is 53.6 Å². The standard InChI is InChI=1S/C17H27N3O2S/c1-22-12-9-18-7-8-19-17(21)16(15-5-3-2-4-6-15)20-10-13-23-14-11-20/h2-6,16,18H,7-14H2,1H3,(H,19,21). The summed E-state index contributed by atoms with van der Waals surface area (Å²) in [4.78, 5) is 15.0. The number of methoxy groups -OCH3 is 1. The first kappa shape index (κ1) is 18.3. The van der Waals surface area contributed by atoms with Gasteiger partial charge in [-0.1, -0.05) is 30.3 Å². The Morgan fingerprint density at radius 2 is 1.96 bits per heavy atom. The summed E-state index contributed by atoms with van der Waals surface area (Å²) in [5, 5.41) is 6.31. The first-order valence-corrected chi connectivity index (χ1v) is 9.32. The highest BCUT2D eigenvalue weighted by Gasteiger charge is 2.28. The van der Waals surface area contributed by atoms with Gasteiger partial charge >= 0.3 is 0 Å². The summed E-state index contributed by atoms with van der Waals surface area (Å²) in [6.07, 6.45) is 0. The van der Waals surface area contributed by atoms with Crippen molar-refractivity contribution in [3.63, 3.8) is 0 Å². The van der Waals surface area contributed by atoms with E-state index in [0.29, 0.717) is 13.2 Å². The summed E-state index contributed by atoms with van der Waals surface area (Å²) >= 11 is 1.96. The molecule has 1 atom stereocenters. The molecule has 1 amide bonds. The van der Waals surface area contributed by atoms with Crippen LogP contribution in [0.5, 0.6) is 0 Å². The number of thioether (sulfide) groups is 1. The van der Waals surface area contributed by atoms with Gasteiger partial charge in [0.2, 0.25) is 5.91 Å². The third kappa shape index (κ3) is 6.14. The number of nitrogens with one attached hydrogen (secondary N) is 2. The molecule has 1 aromatic carbocycles. The molecule has 128 valence electrons. The fraction of sp³-hybridized carbons (Fsp3) is 0.588. The molecule has 1 aliphatic rings. The molecule has 1 fully saturated rings. The molecule has 5 nitrogen and oxygen atoms in total. The lowest BCUT2D eigenvalue weighted by atomic mass is 10.0. The fourth-order valence-electron chi connectivity index (χ4n) is 2.67. The Morgan fingerprint density at radius 1 is 1.22 bits per heavy atom. The maximum atomic E-state index is 12.7. The molecular weight excluding hydrogens is 310 g/mol. The Balaban J connectivity index is 1.89. The number of hydrogen-bond acceptors (Lipinski definition) is 5. The summed E-state index contributed by atoms with van der Waals surface area (Å²) in [5.41, 5.74) is 1.07. The zero-order valence-corrected chi connectivity index (χ0v) is 14.6. The van der Waals surface area contributed by atoms with Crippen LogP contribution in [0.15, 0.2) is 30.3 Å². The lowest BCUT2D eigenvalue weighted by molar-refractivity contribution is -0.126. The van der Waals surface area contributed by atoms with Crippen LogP contribution in [0.3, 0.4) is 0 Å². The van der Waals surface area contributed by atoms with Crippen LogP contribution in [-0.2, 0) is 9.53 Å². The van der Waals surface area contributed by atoms with E-state index >= 15 is 0 Å². The molecule has 1 unspecified atom stereocenters. The lowest BCUT2D eigenvalue weighted by Crippen LogP contribution is -2.45. The number of ether oxygens (including phenoxy) is 1. The molecule has 1 aliphatic heterocycles. The Bertz CT molecular complexity index is 452. The predicted octanol–water partition coefficient (Wildman–Crippen LogP) is 1.13. The number of carbonyl (C=O) groups is 1. The molecule has 2 rings (SSSR count). The number of amides is 1. The van der Waals surface area contributed by atoms with E-state index < -0.39 is 0 Å². The van der Waals surface area contributed by atoms with Gasteiger partial charge in [0, 0.05) is 51.3 Å². The van der Waals surface area contributed by atoms with E-state index in [1.54, 1.807) is 7.11 Å². The molecule has 0 radical (unpaired) electrons. The maximum absolute atomic E-state index is 12.7. The zero-order chi connectivity index (χ0) is 16.3. The van der Waals surface area contributed by atoms with Gasteiger partial charge in [-0.15, -0.1) is 0 Å². The van der Waals surface area contributed by atoms with E-state index in [0.717, 1.165) is 43.2 Å². The molecule has 1 heterocycles. The van der Waals surface area contributed by atoms with Crippen molar-refractivity contribution in [3.8, 4) is 0 Å². The van der Waals surface area contributed by atoms with E-state index in [2.05, 4.69) is 15.5 Å². The van der Waals surface area contributed by atoms with Crippen LogP contribution in [-0.4, -0.2) is 68.8 Å². The zero-order valence-electron chi connectivity index (χ0n) is 13.8. The molecule has 1 aromatic rings. The average Bonchev–Trinajstić information content (AvgIpc) is 2.60. The average molecular weight is 337 g/mol. The molecule has 0 saturated carbocycles. The van der Waals surface area contributed by atoms with Crippen LogP contribution < -0.4 is 10.6 Å². The van der Waals surface area contributed by atoms with Gasteiger partial charge in [0.1, 0.15) is 6.04 Å². The summed E-state index contributed by atoms with van der Waals surface area (Å²) in [6, 6.07) is 9.90. The van der Waals surface area contributed by atoms with Crippen molar-refractivity contribution < 1.29 is 9.53 Å². The summed E-state index contributed by atoms with van der Waals surface area (Å²) in [7, 11) is 1.69. The maximum Gasteiger partial charge on any atom is 0.242 e. The number of rotatable bonds is 9. The SMILES string of the molecule is COCCNCCNC(=O)C(c1ccccc1)N1CCSCC1. The summed E-state index contributed by atoms with van der Waals surface area (Å²) in [6.45, 7) is 4.80. The molecule has 0 aromatic heterocycles. The molecular formula is C17H27N3O2S. The Morgan fingerprint density at radius 3 is 2.65 bits per heavy atom. The molecule has 23 heavy (non-hydrogen) atoms. The van der Waals surface area contributed by atoms with Gasteiger partial charge in [-0.05, 0) is 5.56 Å². The fourth-order valence-corrected chi connectivity index (χ4v) is 3.60. The molecule has 0 aliphatic carbocycles. The second kappa shape index (κ2) is 10.6. The molecule has 6 heteroatoms. The monoisotopic (exact) mass is 337 g/mol. The van der Waals surface area contributed by atoms with Gasteiger partial charge in [0.15, 0.2) is 0 Å². The first-order chi connectivity index (χ1) is 11.3. The lowest BCUT2D eigenvalue weighted by Gasteiger charge is -2.33. The van der Waals surface area contributed by atoms with E-state index in [4.69, 9.17) is 4.74 Å². The minimum Gasteiger partial charge on any atom is -0.383 e. The van der Waals surface area contributed by atoms with Gasteiger partial charge in [-0.3, -0.25) is 9.69 Å². The molecule has 0 spiro atoms. The number of hydrogen-bond donors (Lipinski definition) is 2. The van der Waals surface area contributed by atoms with Crippen molar-refractivity contribution in [2.75, 3.05) is 57.9 Å². The van der Waals surface area contributed by atoms with Gasteiger partial charge < -0.3 is 15.4 Å². The Kier molecular flexibility index (Phi) is 8.46. The van der Waals surface area contributed by atoms with Gasteiger partial charge in [0.05, 0.1) is 6.61 Å². The summed E-state index contributed by atoms with van der Waals surface area (Å²) < 4.78 is 4.99. The third-order valence-corrected chi connectivity index (χ3v) is 4.80. The summed E-state index contributed by atoms with van der Waals surface area (Å²) in [5.74, 6) is 2.28. The van der Waals surface area contributed by atoms with Crippen LogP contribution >= 0.6 is 11.8 Å². The number of benzene rings is 1. The number of carbonyl (C=O) groups excluding carboxylic acids is 1. The number of nitrogens with zero attached hydrogens (tertiary/aromatic N) is 1. The van der Waals surface area contributed by atoms with Crippen molar-refractivity contribution in [1.29, 1.82) is 0 Å². The van der Waals surface area contributed by atoms with Crippen molar-refractivity contribution in [1.82, 2.24) is 15.5 Å². The largest absolute Gasteiger partial charge is 0.383 e. The normalized spacial score (nSPS) is 16.9. The van der Waals surface area contributed by atoms with Crippen molar-refractivity contribution in [2.45, 2.75) is 6.04 Å². The minimum absolute atomic E-state index is 0.0941. The smallest absolute Gasteiger partial charge is 0.242 e. The highest BCUT2D eigenvalue weighted by molar-refractivity contribution is 7.99. The molecule has 1 saturated heterocycles. The van der Waals surface area contributed by atoms with Gasteiger partial charge in [-0.2, -0.15) is 11.8 Å². The highest BCUT2D eigenvalue weighted by atomic mass is 32.2.